The number of fused-ring (bicyclic) bond motifs is 1. The summed E-state index contributed by atoms with van der Waals surface area (Å²) in [5.41, 5.74) is 15.0. The van der Waals surface area contributed by atoms with Crippen molar-refractivity contribution in [3.05, 3.63) is 47.7 Å². The third-order valence-corrected chi connectivity index (χ3v) is 6.36. The summed E-state index contributed by atoms with van der Waals surface area (Å²) in [6, 6.07) is 0.889. The highest BCUT2D eigenvalue weighted by molar-refractivity contribution is 6.14. The highest BCUT2D eigenvalue weighted by Crippen LogP contribution is 2.39. The number of pyridine rings is 1. The first-order valence-corrected chi connectivity index (χ1v) is 11.3. The van der Waals surface area contributed by atoms with Crippen LogP contribution in [-0.2, 0) is 7.05 Å². The van der Waals surface area contributed by atoms with Crippen LogP contribution >= 0.6 is 0 Å². The average molecular weight is 503 g/mol. The summed E-state index contributed by atoms with van der Waals surface area (Å²) < 4.78 is 47.6. The molecule has 190 valence electrons. The number of hydrogen-bond acceptors (Lipinski definition) is 8. The van der Waals surface area contributed by atoms with Crippen molar-refractivity contribution >= 4 is 40.5 Å². The summed E-state index contributed by atoms with van der Waals surface area (Å²) in [4.78, 5) is 18.8. The predicted octanol–water partition coefficient (Wildman–Crippen LogP) is 2.92. The first-order chi connectivity index (χ1) is 17.1. The molecular weight excluding hydrogens is 477 g/mol. The first-order valence-electron chi connectivity index (χ1n) is 11.3. The van der Waals surface area contributed by atoms with Crippen LogP contribution in [0, 0.1) is 5.92 Å². The molecule has 13 heteroatoms. The largest absolute Gasteiger partial charge is 0.438 e. The molecule has 0 spiro atoms. The smallest absolute Gasteiger partial charge is 0.393 e. The Morgan fingerprint density at radius 1 is 1.31 bits per heavy atom. The Morgan fingerprint density at radius 2 is 2.11 bits per heavy atom. The molecule has 0 aliphatic carbocycles. The second-order valence-corrected chi connectivity index (χ2v) is 8.99. The van der Waals surface area contributed by atoms with E-state index >= 15 is 0 Å². The minimum atomic E-state index is -4.37. The number of hydrogen-bond donors (Lipinski definition) is 4. The molecular formula is C23H25F3N8O2. The van der Waals surface area contributed by atoms with Gasteiger partial charge in [0.25, 0.3) is 5.91 Å². The lowest BCUT2D eigenvalue weighted by Crippen LogP contribution is -2.51. The van der Waals surface area contributed by atoms with Crippen LogP contribution in [0.4, 0.5) is 36.1 Å². The molecule has 5 heterocycles. The lowest BCUT2D eigenvalue weighted by molar-refractivity contribution is -0.177. The first kappa shape index (κ1) is 23.7. The zero-order valence-electron chi connectivity index (χ0n) is 19.3. The van der Waals surface area contributed by atoms with Crippen LogP contribution in [0.5, 0.6) is 0 Å². The van der Waals surface area contributed by atoms with Gasteiger partial charge in [0, 0.05) is 50.7 Å². The number of aryl methyl sites for hydroxylation is 1. The third kappa shape index (κ3) is 4.49. The van der Waals surface area contributed by atoms with E-state index in [1.54, 1.807) is 23.0 Å². The number of nitrogens with two attached hydrogens (primary N) is 2. The fraction of sp³-hybridized carbons (Fsp3) is 0.348. The van der Waals surface area contributed by atoms with E-state index in [4.69, 9.17) is 15.9 Å². The minimum absolute atomic E-state index is 0.0868. The average Bonchev–Trinajstić information content (AvgIpc) is 3.40. The monoisotopic (exact) mass is 502 g/mol. The molecule has 0 unspecified atom stereocenters. The number of anilines is 4. The van der Waals surface area contributed by atoms with Crippen LogP contribution < -0.4 is 27.0 Å². The molecule has 3 aromatic rings. The van der Waals surface area contributed by atoms with Crippen molar-refractivity contribution in [2.75, 3.05) is 40.9 Å². The number of carbonyl (C=O) groups is 1. The van der Waals surface area contributed by atoms with Crippen LogP contribution in [0.2, 0.25) is 0 Å². The summed E-state index contributed by atoms with van der Waals surface area (Å²) in [6.45, 7) is 0.365. The predicted molar refractivity (Wildman–Crippen MR) is 129 cm³/mol. The number of alkyl halides is 3. The van der Waals surface area contributed by atoms with Gasteiger partial charge in [-0.05, 0) is 24.1 Å². The number of amides is 1. The number of carbonyl (C=O) groups excluding carboxylic acids is 1. The number of nitrogens with one attached hydrogen (secondary N) is 2. The van der Waals surface area contributed by atoms with Gasteiger partial charge in [-0.3, -0.25) is 14.5 Å². The molecule has 1 saturated heterocycles. The van der Waals surface area contributed by atoms with Gasteiger partial charge in [0.2, 0.25) is 5.88 Å². The van der Waals surface area contributed by atoms with E-state index in [0.29, 0.717) is 23.7 Å². The van der Waals surface area contributed by atoms with E-state index in [1.165, 1.54) is 17.3 Å². The van der Waals surface area contributed by atoms with Gasteiger partial charge < -0.3 is 31.4 Å². The van der Waals surface area contributed by atoms with E-state index in [9.17, 15) is 18.0 Å². The quantitative estimate of drug-likeness (QED) is 0.427. The van der Waals surface area contributed by atoms with Gasteiger partial charge in [0.1, 0.15) is 5.56 Å². The van der Waals surface area contributed by atoms with Crippen LogP contribution in [0.1, 0.15) is 28.1 Å². The van der Waals surface area contributed by atoms with Crippen LogP contribution in [0.3, 0.4) is 0 Å². The summed E-state index contributed by atoms with van der Waals surface area (Å²) in [5, 5.41) is 10.1. The maximum Gasteiger partial charge on any atom is 0.393 e. The molecule has 1 fully saturated rings. The second kappa shape index (κ2) is 8.90. The Morgan fingerprint density at radius 3 is 2.83 bits per heavy atom. The molecule has 6 N–H and O–H groups in total. The van der Waals surface area contributed by atoms with Crippen LogP contribution in [0.25, 0.3) is 11.6 Å². The molecule has 0 saturated carbocycles. The molecule has 2 atom stereocenters. The topological polar surface area (TPSA) is 140 Å². The minimum Gasteiger partial charge on any atom is -0.438 e. The lowest BCUT2D eigenvalue weighted by atomic mass is 9.93. The van der Waals surface area contributed by atoms with Gasteiger partial charge in [0.15, 0.2) is 5.76 Å². The van der Waals surface area contributed by atoms with Crippen molar-refractivity contribution in [1.29, 1.82) is 0 Å². The zero-order valence-corrected chi connectivity index (χ0v) is 19.3. The van der Waals surface area contributed by atoms with E-state index in [0.717, 1.165) is 11.1 Å². The van der Waals surface area contributed by atoms with Crippen molar-refractivity contribution < 1.29 is 22.4 Å². The molecule has 2 aliphatic rings. The second-order valence-electron chi connectivity index (χ2n) is 8.99. The van der Waals surface area contributed by atoms with Crippen molar-refractivity contribution in [1.82, 2.24) is 14.8 Å². The van der Waals surface area contributed by atoms with Gasteiger partial charge in [-0.1, -0.05) is 0 Å². The number of rotatable bonds is 4. The number of nitrogen functional groups attached to an aromatic ring is 1. The van der Waals surface area contributed by atoms with E-state index in [-0.39, 0.29) is 36.6 Å². The fourth-order valence-electron chi connectivity index (χ4n) is 4.65. The summed E-state index contributed by atoms with van der Waals surface area (Å²) in [6.07, 6.45) is 3.68. The number of furan rings is 1. The summed E-state index contributed by atoms with van der Waals surface area (Å²) in [7, 11) is 1.81. The molecule has 0 aromatic carbocycles. The van der Waals surface area contributed by atoms with Crippen molar-refractivity contribution in [2.45, 2.75) is 18.6 Å². The van der Waals surface area contributed by atoms with E-state index in [2.05, 4.69) is 20.7 Å². The SMILES string of the molecule is Cn1cc(C2=Cc3oc(N)c(C(=O)Nc4cnccc4N4C[C@@H](N)C[C@@H](C(F)(F)F)C4)c3NC2)cn1. The molecule has 1 amide bonds. The van der Waals surface area contributed by atoms with Gasteiger partial charge in [0.05, 0.1) is 35.4 Å². The van der Waals surface area contributed by atoms with Crippen molar-refractivity contribution in [2.24, 2.45) is 18.7 Å². The maximum atomic E-state index is 13.4. The van der Waals surface area contributed by atoms with Crippen LogP contribution in [-0.4, -0.2) is 52.5 Å². The van der Waals surface area contributed by atoms with Gasteiger partial charge >= 0.3 is 6.18 Å². The zero-order chi connectivity index (χ0) is 25.6. The number of piperidine rings is 1. The standard InChI is InChI=1S/C23H25F3N8O2/c1-33-9-13(7-31-33)12-4-18-20(30-6-12)19(21(28)36-18)22(35)32-16-8-29-3-2-17(16)34-10-14(23(24,25)26)5-15(27)11-34/h2-4,7-9,14-15,30H,5-6,10-11,27-28H2,1H3,(H,32,35)/t14-,15+/m1/s1. The van der Waals surface area contributed by atoms with E-state index < -0.39 is 24.0 Å². The van der Waals surface area contributed by atoms with Gasteiger partial charge in [-0.2, -0.15) is 18.3 Å². The molecule has 0 radical (unpaired) electrons. The Hall–Kier alpha value is -4.00. The van der Waals surface area contributed by atoms with Gasteiger partial charge in [-0.25, -0.2) is 0 Å². The summed E-state index contributed by atoms with van der Waals surface area (Å²) in [5.74, 6) is -1.84. The highest BCUT2D eigenvalue weighted by Gasteiger charge is 2.44. The molecule has 2 aliphatic heterocycles. The highest BCUT2D eigenvalue weighted by atomic mass is 19.4. The fourth-order valence-corrected chi connectivity index (χ4v) is 4.65. The Kier molecular flexibility index (Phi) is 5.86. The Labute approximate surface area is 204 Å². The number of halogens is 3. The van der Waals surface area contributed by atoms with Crippen molar-refractivity contribution in [3.8, 4) is 0 Å². The molecule has 10 nitrogen and oxygen atoms in total. The van der Waals surface area contributed by atoms with Crippen LogP contribution in [0.15, 0.2) is 35.3 Å². The number of aromatic nitrogens is 3. The molecule has 36 heavy (non-hydrogen) atoms. The lowest BCUT2D eigenvalue weighted by Gasteiger charge is -2.39. The molecule has 3 aromatic heterocycles. The Balaban J connectivity index is 1.41. The number of nitrogens with zero attached hydrogens (tertiary/aromatic N) is 4. The van der Waals surface area contributed by atoms with Crippen molar-refractivity contribution in [3.63, 3.8) is 0 Å². The van der Waals surface area contributed by atoms with Gasteiger partial charge in [-0.15, -0.1) is 0 Å². The normalized spacial score (nSPS) is 19.9. The molecule has 5 rings (SSSR count). The Bertz CT molecular complexity index is 1330. The molecule has 0 bridgehead atoms. The maximum absolute atomic E-state index is 13.4. The summed E-state index contributed by atoms with van der Waals surface area (Å²) >= 11 is 0. The third-order valence-electron chi connectivity index (χ3n) is 6.36. The van der Waals surface area contributed by atoms with E-state index in [1.807, 2.05) is 13.2 Å².